The number of thiazole rings is 1. The van der Waals surface area contributed by atoms with Gasteiger partial charge in [0.2, 0.25) is 5.91 Å². The van der Waals surface area contributed by atoms with Crippen molar-refractivity contribution < 1.29 is 14.7 Å². The number of carboxylic acid groups (broad SMARTS) is 1. The lowest BCUT2D eigenvalue weighted by Crippen LogP contribution is -2.46. The summed E-state index contributed by atoms with van der Waals surface area (Å²) in [6.45, 7) is 0.847. The van der Waals surface area contributed by atoms with Crippen LogP contribution in [0, 0.1) is 0 Å². The third-order valence-electron chi connectivity index (χ3n) is 5.70. The number of carbonyl (C=O) groups excluding carboxylic acids is 1. The molecule has 1 aliphatic heterocycles. The molecule has 1 fully saturated rings. The van der Waals surface area contributed by atoms with Crippen molar-refractivity contribution in [2.24, 2.45) is 0 Å². The SMILES string of the molecule is O=C(CC1(c2ccccc2)CCN(C(=O)O)CC1)Nc1nc(-c2ccccc2)cs1. The average Bonchev–Trinajstić information content (AvgIpc) is 3.23. The molecule has 3 aromatic rings. The molecule has 4 rings (SSSR count). The third kappa shape index (κ3) is 4.36. The first kappa shape index (κ1) is 20.1. The van der Waals surface area contributed by atoms with Gasteiger partial charge >= 0.3 is 6.09 Å². The molecule has 1 aliphatic rings. The van der Waals surface area contributed by atoms with Gasteiger partial charge in [-0.15, -0.1) is 11.3 Å². The number of hydrogen-bond acceptors (Lipinski definition) is 4. The fourth-order valence-corrected chi connectivity index (χ4v) is 4.76. The van der Waals surface area contributed by atoms with Gasteiger partial charge in [-0.3, -0.25) is 4.79 Å². The van der Waals surface area contributed by atoms with Crippen LogP contribution < -0.4 is 5.32 Å². The Morgan fingerprint density at radius 3 is 2.30 bits per heavy atom. The average molecular weight is 422 g/mol. The number of aromatic nitrogens is 1. The highest BCUT2D eigenvalue weighted by Crippen LogP contribution is 2.39. The number of nitrogens with one attached hydrogen (secondary N) is 1. The van der Waals surface area contributed by atoms with E-state index in [0.29, 0.717) is 37.5 Å². The number of hydrogen-bond donors (Lipinski definition) is 2. The minimum atomic E-state index is -0.905. The lowest BCUT2D eigenvalue weighted by atomic mass is 9.70. The molecule has 1 saturated heterocycles. The number of carbonyl (C=O) groups is 2. The van der Waals surface area contributed by atoms with Gasteiger partial charge in [-0.05, 0) is 18.4 Å². The van der Waals surface area contributed by atoms with Gasteiger partial charge in [-0.25, -0.2) is 9.78 Å². The fraction of sp³-hybridized carbons (Fsp3) is 0.261. The first-order chi connectivity index (χ1) is 14.6. The second kappa shape index (κ2) is 8.67. The summed E-state index contributed by atoms with van der Waals surface area (Å²) < 4.78 is 0. The number of rotatable bonds is 5. The second-order valence-electron chi connectivity index (χ2n) is 7.54. The Balaban J connectivity index is 1.49. The van der Waals surface area contributed by atoms with Crippen LogP contribution in [0.1, 0.15) is 24.8 Å². The van der Waals surface area contributed by atoms with Crippen LogP contribution in [0.25, 0.3) is 11.3 Å². The van der Waals surface area contributed by atoms with Crippen molar-refractivity contribution in [3.63, 3.8) is 0 Å². The Morgan fingerprint density at radius 1 is 1.03 bits per heavy atom. The maximum Gasteiger partial charge on any atom is 0.407 e. The minimum Gasteiger partial charge on any atom is -0.465 e. The van der Waals surface area contributed by atoms with Gasteiger partial charge in [-0.1, -0.05) is 60.7 Å². The second-order valence-corrected chi connectivity index (χ2v) is 8.40. The van der Waals surface area contributed by atoms with Gasteiger partial charge in [0, 0.05) is 35.9 Å². The summed E-state index contributed by atoms with van der Waals surface area (Å²) in [5.41, 5.74) is 2.55. The first-order valence-electron chi connectivity index (χ1n) is 9.90. The number of benzene rings is 2. The lowest BCUT2D eigenvalue weighted by Gasteiger charge is -2.41. The van der Waals surface area contributed by atoms with Crippen LogP contribution in [-0.2, 0) is 10.2 Å². The number of anilines is 1. The molecule has 0 spiro atoms. The predicted octanol–water partition coefficient (Wildman–Crippen LogP) is 4.85. The highest BCUT2D eigenvalue weighted by atomic mass is 32.1. The summed E-state index contributed by atoms with van der Waals surface area (Å²) in [7, 11) is 0. The van der Waals surface area contributed by atoms with Gasteiger partial charge in [0.05, 0.1) is 5.69 Å². The van der Waals surface area contributed by atoms with Crippen LogP contribution >= 0.6 is 11.3 Å². The Hall–Kier alpha value is -3.19. The van der Waals surface area contributed by atoms with Gasteiger partial charge in [0.25, 0.3) is 0 Å². The van der Waals surface area contributed by atoms with E-state index in [2.05, 4.69) is 10.3 Å². The van der Waals surface area contributed by atoms with Gasteiger partial charge in [-0.2, -0.15) is 0 Å². The van der Waals surface area contributed by atoms with Crippen molar-refractivity contribution in [2.75, 3.05) is 18.4 Å². The van der Waals surface area contributed by atoms with Crippen molar-refractivity contribution in [3.8, 4) is 11.3 Å². The number of piperidine rings is 1. The lowest BCUT2D eigenvalue weighted by molar-refractivity contribution is -0.117. The monoisotopic (exact) mass is 421 g/mol. The molecule has 0 bridgehead atoms. The normalized spacial score (nSPS) is 15.5. The summed E-state index contributed by atoms with van der Waals surface area (Å²) in [4.78, 5) is 30.2. The van der Waals surface area contributed by atoms with E-state index < -0.39 is 6.09 Å². The van der Waals surface area contributed by atoms with Gasteiger partial charge in [0.1, 0.15) is 0 Å². The zero-order chi connectivity index (χ0) is 21.0. The molecule has 0 unspecified atom stereocenters. The third-order valence-corrected chi connectivity index (χ3v) is 6.45. The molecular formula is C23H23N3O3S. The largest absolute Gasteiger partial charge is 0.465 e. The maximum atomic E-state index is 12.9. The molecule has 6 nitrogen and oxygen atoms in total. The van der Waals surface area contributed by atoms with Crippen molar-refractivity contribution in [1.82, 2.24) is 9.88 Å². The highest BCUT2D eigenvalue weighted by molar-refractivity contribution is 7.14. The van der Waals surface area contributed by atoms with Crippen LogP contribution in [0.4, 0.5) is 9.93 Å². The van der Waals surface area contributed by atoms with Crippen LogP contribution in [0.15, 0.2) is 66.0 Å². The quantitative estimate of drug-likeness (QED) is 0.617. The Morgan fingerprint density at radius 2 is 1.67 bits per heavy atom. The van der Waals surface area contributed by atoms with Crippen molar-refractivity contribution in [1.29, 1.82) is 0 Å². The van der Waals surface area contributed by atoms with Crippen molar-refractivity contribution in [2.45, 2.75) is 24.7 Å². The molecule has 0 saturated carbocycles. The summed E-state index contributed by atoms with van der Waals surface area (Å²) in [5.74, 6) is -0.100. The van der Waals surface area contributed by atoms with Crippen molar-refractivity contribution >= 4 is 28.5 Å². The maximum absolute atomic E-state index is 12.9. The molecule has 154 valence electrons. The fourth-order valence-electron chi connectivity index (χ4n) is 4.03. The van der Waals surface area contributed by atoms with E-state index >= 15 is 0 Å². The molecule has 0 radical (unpaired) electrons. The van der Waals surface area contributed by atoms with E-state index in [1.807, 2.05) is 66.0 Å². The van der Waals surface area contributed by atoms with Crippen LogP contribution in [-0.4, -0.2) is 40.1 Å². The number of amides is 2. The molecule has 30 heavy (non-hydrogen) atoms. The Bertz CT molecular complexity index is 1010. The summed E-state index contributed by atoms with van der Waals surface area (Å²) in [6, 6.07) is 19.8. The van der Waals surface area contributed by atoms with Crippen LogP contribution in [0.3, 0.4) is 0 Å². The molecule has 1 aromatic heterocycles. The van der Waals surface area contributed by atoms with E-state index in [0.717, 1.165) is 16.8 Å². The Labute approximate surface area is 179 Å². The van der Waals surface area contributed by atoms with E-state index in [1.54, 1.807) is 0 Å². The van der Waals surface area contributed by atoms with Crippen molar-refractivity contribution in [3.05, 3.63) is 71.6 Å². The molecule has 2 amide bonds. The molecule has 0 aliphatic carbocycles. The molecule has 2 N–H and O–H groups in total. The van der Waals surface area contributed by atoms with Crippen LogP contribution in [0.2, 0.25) is 0 Å². The smallest absolute Gasteiger partial charge is 0.407 e. The van der Waals surface area contributed by atoms with Crippen LogP contribution in [0.5, 0.6) is 0 Å². The predicted molar refractivity (Wildman–Crippen MR) is 118 cm³/mol. The topological polar surface area (TPSA) is 82.5 Å². The standard InChI is InChI=1S/C23H23N3O3S/c27-20(25-21-24-19(16-30-21)17-7-3-1-4-8-17)15-23(18-9-5-2-6-10-18)11-13-26(14-12-23)22(28)29/h1-10,16H,11-15H2,(H,28,29)(H,24,25,27). The minimum absolute atomic E-state index is 0.100. The molecule has 2 heterocycles. The first-order valence-corrected chi connectivity index (χ1v) is 10.8. The number of likely N-dealkylation sites (tertiary alicyclic amines) is 1. The van der Waals surface area contributed by atoms with E-state index in [1.165, 1.54) is 16.2 Å². The van der Waals surface area contributed by atoms with Gasteiger partial charge in [0.15, 0.2) is 5.13 Å². The highest BCUT2D eigenvalue weighted by Gasteiger charge is 2.39. The summed E-state index contributed by atoms with van der Waals surface area (Å²) in [6.07, 6.45) is 0.621. The zero-order valence-electron chi connectivity index (χ0n) is 16.5. The summed E-state index contributed by atoms with van der Waals surface area (Å²) in [5, 5.41) is 14.7. The van der Waals surface area contributed by atoms with Gasteiger partial charge < -0.3 is 15.3 Å². The Kier molecular flexibility index (Phi) is 5.81. The molecule has 2 aromatic carbocycles. The van der Waals surface area contributed by atoms with E-state index in [4.69, 9.17) is 0 Å². The molecule has 7 heteroatoms. The number of nitrogens with zero attached hydrogens (tertiary/aromatic N) is 2. The molecular weight excluding hydrogens is 398 g/mol. The van der Waals surface area contributed by atoms with E-state index in [-0.39, 0.29) is 11.3 Å². The zero-order valence-corrected chi connectivity index (χ0v) is 17.3. The summed E-state index contributed by atoms with van der Waals surface area (Å²) >= 11 is 1.40. The molecule has 0 atom stereocenters. The van der Waals surface area contributed by atoms with E-state index in [9.17, 15) is 14.7 Å².